The summed E-state index contributed by atoms with van der Waals surface area (Å²) >= 11 is 3.43. The number of nitrogens with one attached hydrogen (secondary N) is 1. The zero-order valence-corrected chi connectivity index (χ0v) is 10.2. The van der Waals surface area contributed by atoms with Crippen molar-refractivity contribution >= 4 is 15.9 Å². The third kappa shape index (κ3) is 5.28. The highest BCUT2D eigenvalue weighted by Crippen LogP contribution is 2.11. The van der Waals surface area contributed by atoms with Gasteiger partial charge < -0.3 is 16.2 Å². The average Bonchev–Trinajstić information content (AvgIpc) is 2.24. The van der Waals surface area contributed by atoms with Crippen LogP contribution in [0.2, 0.25) is 0 Å². The summed E-state index contributed by atoms with van der Waals surface area (Å²) in [6.07, 6.45) is 0.970. The molecule has 4 heteroatoms. The molecule has 0 saturated heterocycles. The molecule has 1 rings (SSSR count). The molecule has 0 amide bonds. The molecule has 0 aliphatic rings. The second kappa shape index (κ2) is 6.95. The monoisotopic (exact) mass is 272 g/mol. The Labute approximate surface area is 98.8 Å². The fourth-order valence-electron chi connectivity index (χ4n) is 1.28. The molecule has 0 aliphatic heterocycles. The molecule has 84 valence electrons. The van der Waals surface area contributed by atoms with E-state index in [2.05, 4.69) is 33.4 Å². The average molecular weight is 273 g/mol. The molecule has 1 aromatic rings. The van der Waals surface area contributed by atoms with E-state index in [1.165, 1.54) is 5.56 Å². The Balaban J connectivity index is 2.20. The first-order valence-corrected chi connectivity index (χ1v) is 5.83. The summed E-state index contributed by atoms with van der Waals surface area (Å²) in [5.74, 6) is 0. The third-order valence-electron chi connectivity index (χ3n) is 2.12. The molecule has 0 spiro atoms. The van der Waals surface area contributed by atoms with Crippen LogP contribution < -0.4 is 11.1 Å². The van der Waals surface area contributed by atoms with Crippen molar-refractivity contribution in [3.05, 3.63) is 34.3 Å². The summed E-state index contributed by atoms with van der Waals surface area (Å²) in [4.78, 5) is 0. The zero-order chi connectivity index (χ0) is 11.1. The van der Waals surface area contributed by atoms with Crippen molar-refractivity contribution in [2.24, 2.45) is 5.73 Å². The van der Waals surface area contributed by atoms with Gasteiger partial charge in [-0.25, -0.2) is 0 Å². The first-order chi connectivity index (χ1) is 7.22. The van der Waals surface area contributed by atoms with Crippen LogP contribution in [-0.2, 0) is 6.42 Å². The topological polar surface area (TPSA) is 58.3 Å². The summed E-state index contributed by atoms with van der Waals surface area (Å²) in [6.45, 7) is 1.57. The van der Waals surface area contributed by atoms with Crippen LogP contribution in [0.3, 0.4) is 0 Å². The van der Waals surface area contributed by atoms with E-state index in [1.807, 2.05) is 12.1 Å². The largest absolute Gasteiger partial charge is 0.395 e. The van der Waals surface area contributed by atoms with Crippen LogP contribution in [-0.4, -0.2) is 30.8 Å². The summed E-state index contributed by atoms with van der Waals surface area (Å²) in [5.41, 5.74) is 6.84. The van der Waals surface area contributed by atoms with Gasteiger partial charge in [0.2, 0.25) is 0 Å². The molecule has 0 heterocycles. The molecule has 0 aliphatic carbocycles. The van der Waals surface area contributed by atoms with Crippen molar-refractivity contribution in [1.82, 2.24) is 5.32 Å². The molecule has 0 saturated carbocycles. The number of hydrogen-bond donors (Lipinski definition) is 3. The van der Waals surface area contributed by atoms with E-state index in [1.54, 1.807) is 0 Å². The highest BCUT2D eigenvalue weighted by molar-refractivity contribution is 9.10. The first kappa shape index (κ1) is 12.6. The van der Waals surface area contributed by atoms with Gasteiger partial charge in [0.1, 0.15) is 0 Å². The van der Waals surface area contributed by atoms with Gasteiger partial charge in [0, 0.05) is 17.1 Å². The fraction of sp³-hybridized carbons (Fsp3) is 0.455. The fourth-order valence-corrected chi connectivity index (χ4v) is 1.72. The quantitative estimate of drug-likeness (QED) is 0.675. The Kier molecular flexibility index (Phi) is 5.86. The summed E-state index contributed by atoms with van der Waals surface area (Å²) < 4.78 is 1.10. The molecule has 1 unspecified atom stereocenters. The lowest BCUT2D eigenvalue weighted by atomic mass is 10.1. The van der Waals surface area contributed by atoms with Crippen LogP contribution in [0.15, 0.2) is 28.7 Å². The number of nitrogens with two attached hydrogens (primary N) is 1. The molecule has 0 fully saturated rings. The standard InChI is InChI=1S/C11H17BrN2O/c12-10-3-1-2-9(6-10)4-5-14-7-11(13)8-15/h1-3,6,11,14-15H,4-5,7-8,13H2. The molecular formula is C11H17BrN2O. The van der Waals surface area contributed by atoms with Crippen molar-refractivity contribution in [2.45, 2.75) is 12.5 Å². The van der Waals surface area contributed by atoms with Crippen LogP contribution in [0, 0.1) is 0 Å². The Bertz CT molecular complexity index is 294. The predicted molar refractivity (Wildman–Crippen MR) is 65.8 cm³/mol. The van der Waals surface area contributed by atoms with Gasteiger partial charge in [-0.05, 0) is 30.7 Å². The van der Waals surface area contributed by atoms with E-state index in [0.717, 1.165) is 17.4 Å². The van der Waals surface area contributed by atoms with Crippen LogP contribution in [0.25, 0.3) is 0 Å². The highest BCUT2D eigenvalue weighted by Gasteiger charge is 1.99. The van der Waals surface area contributed by atoms with E-state index in [0.29, 0.717) is 6.54 Å². The second-order valence-corrected chi connectivity index (χ2v) is 4.44. The van der Waals surface area contributed by atoms with Gasteiger partial charge in [0.25, 0.3) is 0 Å². The Morgan fingerprint density at radius 1 is 1.47 bits per heavy atom. The van der Waals surface area contributed by atoms with Gasteiger partial charge in [-0.2, -0.15) is 0 Å². The van der Waals surface area contributed by atoms with E-state index < -0.39 is 0 Å². The predicted octanol–water partition coefficient (Wildman–Crippen LogP) is 0.901. The van der Waals surface area contributed by atoms with Gasteiger partial charge in [-0.1, -0.05) is 28.1 Å². The van der Waals surface area contributed by atoms with Crippen LogP contribution in [0.1, 0.15) is 5.56 Å². The van der Waals surface area contributed by atoms with Crippen molar-refractivity contribution in [1.29, 1.82) is 0 Å². The maximum absolute atomic E-state index is 8.72. The second-order valence-electron chi connectivity index (χ2n) is 3.53. The molecule has 0 aromatic heterocycles. The maximum Gasteiger partial charge on any atom is 0.0594 e. The molecule has 0 bridgehead atoms. The van der Waals surface area contributed by atoms with Crippen LogP contribution in [0.5, 0.6) is 0 Å². The summed E-state index contributed by atoms with van der Waals surface area (Å²) in [5, 5.41) is 11.9. The van der Waals surface area contributed by atoms with Crippen molar-refractivity contribution < 1.29 is 5.11 Å². The van der Waals surface area contributed by atoms with E-state index in [-0.39, 0.29) is 12.6 Å². The Morgan fingerprint density at radius 2 is 2.27 bits per heavy atom. The number of aliphatic hydroxyl groups excluding tert-OH is 1. The third-order valence-corrected chi connectivity index (χ3v) is 2.61. The lowest BCUT2D eigenvalue weighted by Gasteiger charge is -2.09. The zero-order valence-electron chi connectivity index (χ0n) is 8.62. The highest BCUT2D eigenvalue weighted by atomic mass is 79.9. The van der Waals surface area contributed by atoms with Crippen molar-refractivity contribution in [2.75, 3.05) is 19.7 Å². The van der Waals surface area contributed by atoms with Gasteiger partial charge >= 0.3 is 0 Å². The number of aliphatic hydroxyl groups is 1. The van der Waals surface area contributed by atoms with E-state index in [9.17, 15) is 0 Å². The molecule has 4 N–H and O–H groups in total. The van der Waals surface area contributed by atoms with Crippen LogP contribution in [0.4, 0.5) is 0 Å². The van der Waals surface area contributed by atoms with Gasteiger partial charge in [0.15, 0.2) is 0 Å². The minimum atomic E-state index is -0.160. The first-order valence-electron chi connectivity index (χ1n) is 5.04. The minimum absolute atomic E-state index is 0.0316. The minimum Gasteiger partial charge on any atom is -0.395 e. The molecule has 0 radical (unpaired) electrons. The number of rotatable bonds is 6. The number of hydrogen-bond acceptors (Lipinski definition) is 3. The van der Waals surface area contributed by atoms with Gasteiger partial charge in [0.05, 0.1) is 6.61 Å². The van der Waals surface area contributed by atoms with Gasteiger partial charge in [-0.15, -0.1) is 0 Å². The van der Waals surface area contributed by atoms with Gasteiger partial charge in [-0.3, -0.25) is 0 Å². The molecular weight excluding hydrogens is 256 g/mol. The Morgan fingerprint density at radius 3 is 2.93 bits per heavy atom. The smallest absolute Gasteiger partial charge is 0.0594 e. The SMILES string of the molecule is NC(CO)CNCCc1cccc(Br)c1. The van der Waals surface area contributed by atoms with Crippen molar-refractivity contribution in [3.8, 4) is 0 Å². The number of benzene rings is 1. The summed E-state index contributed by atoms with van der Waals surface area (Å²) in [7, 11) is 0. The van der Waals surface area contributed by atoms with E-state index >= 15 is 0 Å². The molecule has 3 nitrogen and oxygen atoms in total. The van der Waals surface area contributed by atoms with E-state index in [4.69, 9.17) is 10.8 Å². The molecule has 1 atom stereocenters. The molecule has 1 aromatic carbocycles. The number of halogens is 1. The summed E-state index contributed by atoms with van der Waals surface area (Å²) in [6, 6.07) is 8.08. The maximum atomic E-state index is 8.72. The normalized spacial score (nSPS) is 12.7. The van der Waals surface area contributed by atoms with Crippen LogP contribution >= 0.6 is 15.9 Å². The Hall–Kier alpha value is -0.420. The van der Waals surface area contributed by atoms with Crippen molar-refractivity contribution in [3.63, 3.8) is 0 Å². The lowest BCUT2D eigenvalue weighted by Crippen LogP contribution is -2.37. The lowest BCUT2D eigenvalue weighted by molar-refractivity contribution is 0.262. The molecule has 15 heavy (non-hydrogen) atoms.